The van der Waals surface area contributed by atoms with E-state index in [1.54, 1.807) is 7.11 Å². The number of hydrogen-bond donors (Lipinski definition) is 0. The number of alkyl halides is 1. The van der Waals surface area contributed by atoms with Crippen LogP contribution in [0.4, 0.5) is 0 Å². The van der Waals surface area contributed by atoms with E-state index in [2.05, 4.69) is 6.58 Å². The van der Waals surface area contributed by atoms with E-state index in [1.807, 2.05) is 24.3 Å². The third-order valence-electron chi connectivity index (χ3n) is 2.15. The Hall–Kier alpha value is -0.950. The Morgan fingerprint density at radius 2 is 2.29 bits per heavy atom. The average molecular weight is 211 g/mol. The van der Waals surface area contributed by atoms with Crippen LogP contribution in [0.1, 0.15) is 17.5 Å². The van der Waals surface area contributed by atoms with Gasteiger partial charge in [-0.3, -0.25) is 0 Å². The summed E-state index contributed by atoms with van der Waals surface area (Å²) in [6, 6.07) is 6.01. The zero-order valence-electron chi connectivity index (χ0n) is 8.42. The highest BCUT2D eigenvalue weighted by Crippen LogP contribution is 2.20. The smallest absolute Gasteiger partial charge is 0.119 e. The Morgan fingerprint density at radius 3 is 2.86 bits per heavy atom. The summed E-state index contributed by atoms with van der Waals surface area (Å²) in [5.74, 6) is 1.58. The molecule has 0 atom stereocenters. The predicted octanol–water partition coefficient (Wildman–Crippen LogP) is 3.51. The number of halogens is 1. The molecule has 14 heavy (non-hydrogen) atoms. The van der Waals surface area contributed by atoms with Gasteiger partial charge in [0, 0.05) is 5.88 Å². The van der Waals surface area contributed by atoms with E-state index in [4.69, 9.17) is 16.3 Å². The molecule has 0 saturated heterocycles. The van der Waals surface area contributed by atoms with Crippen LogP contribution < -0.4 is 4.74 Å². The van der Waals surface area contributed by atoms with Crippen molar-refractivity contribution >= 4 is 17.7 Å². The zero-order valence-corrected chi connectivity index (χ0v) is 9.18. The second-order valence-corrected chi connectivity index (χ2v) is 3.44. The fourth-order valence-corrected chi connectivity index (χ4v) is 1.52. The Bertz CT molecular complexity index is 307. The van der Waals surface area contributed by atoms with E-state index in [0.29, 0.717) is 5.88 Å². The molecule has 0 aliphatic rings. The predicted molar refractivity (Wildman–Crippen MR) is 62.1 cm³/mol. The van der Waals surface area contributed by atoms with Crippen molar-refractivity contribution in [1.29, 1.82) is 0 Å². The fraction of sp³-hybridized carbons (Fsp3) is 0.333. The van der Waals surface area contributed by atoms with Crippen LogP contribution in [0.3, 0.4) is 0 Å². The van der Waals surface area contributed by atoms with Gasteiger partial charge in [-0.15, -0.1) is 11.6 Å². The summed E-state index contributed by atoms with van der Waals surface area (Å²) >= 11 is 5.66. The van der Waals surface area contributed by atoms with Crippen molar-refractivity contribution in [2.75, 3.05) is 13.0 Å². The van der Waals surface area contributed by atoms with Crippen molar-refractivity contribution < 1.29 is 4.74 Å². The van der Waals surface area contributed by atoms with Gasteiger partial charge in [0.2, 0.25) is 0 Å². The fourth-order valence-electron chi connectivity index (χ4n) is 1.38. The summed E-state index contributed by atoms with van der Waals surface area (Å²) in [5, 5.41) is 0. The molecule has 1 aromatic carbocycles. The average Bonchev–Trinajstić information content (AvgIpc) is 2.25. The van der Waals surface area contributed by atoms with Crippen LogP contribution in [0.2, 0.25) is 0 Å². The minimum atomic E-state index is 0.688. The minimum absolute atomic E-state index is 0.688. The molecule has 0 saturated carbocycles. The van der Waals surface area contributed by atoms with Crippen molar-refractivity contribution in [2.45, 2.75) is 12.8 Å². The van der Waals surface area contributed by atoms with Crippen LogP contribution in [0.15, 0.2) is 24.8 Å². The molecule has 0 fully saturated rings. The SMILES string of the molecule is C=Cc1ccc(OC)cc1CCCCl. The first-order valence-electron chi connectivity index (χ1n) is 4.67. The standard InChI is InChI=1S/C12H15ClO/c1-3-10-6-7-12(14-2)9-11(10)5-4-8-13/h3,6-7,9H,1,4-5,8H2,2H3. The van der Waals surface area contributed by atoms with Gasteiger partial charge in [-0.05, 0) is 36.1 Å². The van der Waals surface area contributed by atoms with Gasteiger partial charge in [0.05, 0.1) is 7.11 Å². The lowest BCUT2D eigenvalue weighted by Crippen LogP contribution is -1.92. The largest absolute Gasteiger partial charge is 0.497 e. The highest BCUT2D eigenvalue weighted by atomic mass is 35.5. The van der Waals surface area contributed by atoms with Crippen LogP contribution in [-0.4, -0.2) is 13.0 Å². The van der Waals surface area contributed by atoms with Crippen molar-refractivity contribution in [1.82, 2.24) is 0 Å². The molecule has 0 aliphatic carbocycles. The molecular formula is C12H15ClO. The Labute approximate surface area is 90.3 Å². The maximum absolute atomic E-state index is 5.66. The second-order valence-electron chi connectivity index (χ2n) is 3.06. The molecule has 1 nitrogen and oxygen atoms in total. The molecule has 0 spiro atoms. The van der Waals surface area contributed by atoms with Crippen LogP contribution in [0.25, 0.3) is 6.08 Å². The highest BCUT2D eigenvalue weighted by molar-refractivity contribution is 6.17. The molecule has 0 heterocycles. The molecule has 0 N–H and O–H groups in total. The third kappa shape index (κ3) is 2.78. The molecule has 0 amide bonds. The topological polar surface area (TPSA) is 9.23 Å². The van der Waals surface area contributed by atoms with E-state index in [0.717, 1.165) is 24.2 Å². The molecule has 0 radical (unpaired) electrons. The number of methoxy groups -OCH3 is 1. The van der Waals surface area contributed by atoms with E-state index in [1.165, 1.54) is 5.56 Å². The van der Waals surface area contributed by atoms with Gasteiger partial charge >= 0.3 is 0 Å². The lowest BCUT2D eigenvalue weighted by molar-refractivity contribution is 0.414. The van der Waals surface area contributed by atoms with Crippen molar-refractivity contribution in [2.24, 2.45) is 0 Å². The number of hydrogen-bond acceptors (Lipinski definition) is 1. The van der Waals surface area contributed by atoms with Gasteiger partial charge in [0.1, 0.15) is 5.75 Å². The molecule has 1 aromatic rings. The van der Waals surface area contributed by atoms with Crippen LogP contribution in [0, 0.1) is 0 Å². The molecule has 0 aromatic heterocycles. The summed E-state index contributed by atoms with van der Waals surface area (Å²) in [7, 11) is 1.67. The maximum Gasteiger partial charge on any atom is 0.119 e. The van der Waals surface area contributed by atoms with Crippen LogP contribution in [0.5, 0.6) is 5.75 Å². The van der Waals surface area contributed by atoms with E-state index >= 15 is 0 Å². The van der Waals surface area contributed by atoms with E-state index in [9.17, 15) is 0 Å². The summed E-state index contributed by atoms with van der Waals surface area (Å²) < 4.78 is 5.17. The van der Waals surface area contributed by atoms with Crippen molar-refractivity contribution in [3.63, 3.8) is 0 Å². The molecule has 76 valence electrons. The first-order valence-corrected chi connectivity index (χ1v) is 5.20. The maximum atomic E-state index is 5.66. The lowest BCUT2D eigenvalue weighted by Gasteiger charge is -2.07. The number of ether oxygens (including phenoxy) is 1. The number of aryl methyl sites for hydroxylation is 1. The molecular weight excluding hydrogens is 196 g/mol. The van der Waals surface area contributed by atoms with E-state index < -0.39 is 0 Å². The lowest BCUT2D eigenvalue weighted by atomic mass is 10.0. The van der Waals surface area contributed by atoms with Crippen molar-refractivity contribution in [3.05, 3.63) is 35.9 Å². The molecule has 0 unspecified atom stereocenters. The molecule has 2 heteroatoms. The highest BCUT2D eigenvalue weighted by Gasteiger charge is 2.01. The van der Waals surface area contributed by atoms with Gasteiger partial charge < -0.3 is 4.74 Å². The van der Waals surface area contributed by atoms with Gasteiger partial charge in [0.25, 0.3) is 0 Å². The first-order chi connectivity index (χ1) is 6.81. The van der Waals surface area contributed by atoms with Gasteiger partial charge in [-0.1, -0.05) is 18.7 Å². The van der Waals surface area contributed by atoms with Gasteiger partial charge in [-0.25, -0.2) is 0 Å². The van der Waals surface area contributed by atoms with E-state index in [-0.39, 0.29) is 0 Å². The van der Waals surface area contributed by atoms with Crippen LogP contribution >= 0.6 is 11.6 Å². The second kappa shape index (κ2) is 5.71. The number of benzene rings is 1. The first kappa shape index (κ1) is 11.1. The number of rotatable bonds is 5. The van der Waals surface area contributed by atoms with Crippen LogP contribution in [-0.2, 0) is 6.42 Å². The summed E-state index contributed by atoms with van der Waals surface area (Å²) in [5.41, 5.74) is 2.41. The molecule has 1 rings (SSSR count). The molecule has 0 bridgehead atoms. The van der Waals surface area contributed by atoms with Gasteiger partial charge in [0.15, 0.2) is 0 Å². The Balaban J connectivity index is 2.90. The minimum Gasteiger partial charge on any atom is -0.497 e. The third-order valence-corrected chi connectivity index (χ3v) is 2.42. The normalized spacial score (nSPS) is 9.86. The summed E-state index contributed by atoms with van der Waals surface area (Å²) in [6.07, 6.45) is 3.82. The Morgan fingerprint density at radius 1 is 1.50 bits per heavy atom. The summed E-state index contributed by atoms with van der Waals surface area (Å²) in [4.78, 5) is 0. The molecule has 0 aliphatic heterocycles. The summed E-state index contributed by atoms with van der Waals surface area (Å²) in [6.45, 7) is 3.78. The zero-order chi connectivity index (χ0) is 10.4. The quantitative estimate of drug-likeness (QED) is 0.676. The van der Waals surface area contributed by atoms with Crippen molar-refractivity contribution in [3.8, 4) is 5.75 Å². The Kier molecular flexibility index (Phi) is 4.54. The monoisotopic (exact) mass is 210 g/mol. The van der Waals surface area contributed by atoms with Gasteiger partial charge in [-0.2, -0.15) is 0 Å².